The van der Waals surface area contributed by atoms with Gasteiger partial charge < -0.3 is 13.7 Å². The van der Waals surface area contributed by atoms with Crippen LogP contribution in [-0.2, 0) is 11.3 Å². The van der Waals surface area contributed by atoms with E-state index in [9.17, 15) is 0 Å². The number of rotatable bonds is 5. The highest BCUT2D eigenvalue weighted by atomic mass is 16.5. The first kappa shape index (κ1) is 15.7. The number of nitrogens with zero attached hydrogens (tertiary/aromatic N) is 5. The molecule has 3 aromatic rings. The molecule has 1 aliphatic rings. The van der Waals surface area contributed by atoms with E-state index >= 15 is 0 Å². The number of aromatic nitrogens is 5. The minimum Gasteiger partial charge on any atom is -0.418 e. The number of pyridine rings is 1. The Kier molecular flexibility index (Phi) is 4.39. The van der Waals surface area contributed by atoms with Gasteiger partial charge in [0.25, 0.3) is 0 Å². The average Bonchev–Trinajstić information content (AvgIpc) is 3.36. The Hall–Kier alpha value is -2.80. The van der Waals surface area contributed by atoms with Gasteiger partial charge in [-0.15, -0.1) is 10.2 Å². The molecule has 0 saturated carbocycles. The lowest BCUT2D eigenvalue weighted by Crippen LogP contribution is -2.14. The van der Waals surface area contributed by atoms with Gasteiger partial charge in [-0.25, -0.2) is 4.98 Å². The van der Waals surface area contributed by atoms with Crippen molar-refractivity contribution in [3.05, 3.63) is 60.1 Å². The standard InChI is InChI=1S/C18H19N5O2/c1-13-4-6-19-10-14(13)2-3-16-21-22-18(25-16)17-15(5-9-24-17)11-23-8-7-20-12-23/h2-4,6-8,10,12,15,17H,5,9,11H2,1H3/b3-2+/t15-,17-/m0/s1. The molecule has 3 aromatic heterocycles. The molecule has 0 bridgehead atoms. The van der Waals surface area contributed by atoms with Gasteiger partial charge in [0.2, 0.25) is 11.8 Å². The highest BCUT2D eigenvalue weighted by molar-refractivity contribution is 5.67. The van der Waals surface area contributed by atoms with Crippen LogP contribution >= 0.6 is 0 Å². The first-order valence-electron chi connectivity index (χ1n) is 8.29. The molecule has 0 spiro atoms. The molecule has 1 fully saturated rings. The maximum absolute atomic E-state index is 5.83. The van der Waals surface area contributed by atoms with Gasteiger partial charge in [0.1, 0.15) is 6.10 Å². The SMILES string of the molecule is Cc1ccncc1/C=C/c1nnc([C@H]2OCC[C@H]2Cn2ccnc2)o1. The third-order valence-corrected chi connectivity index (χ3v) is 4.40. The van der Waals surface area contributed by atoms with Crippen LogP contribution in [0.2, 0.25) is 0 Å². The van der Waals surface area contributed by atoms with Crippen LogP contribution in [0.4, 0.5) is 0 Å². The number of hydrogen-bond acceptors (Lipinski definition) is 6. The van der Waals surface area contributed by atoms with Crippen molar-refractivity contribution < 1.29 is 9.15 Å². The molecule has 0 amide bonds. The van der Waals surface area contributed by atoms with E-state index in [0.717, 1.165) is 24.1 Å². The topological polar surface area (TPSA) is 78.9 Å². The molecule has 128 valence electrons. The molecule has 0 aromatic carbocycles. The lowest BCUT2D eigenvalue weighted by atomic mass is 10.0. The van der Waals surface area contributed by atoms with E-state index in [-0.39, 0.29) is 6.10 Å². The van der Waals surface area contributed by atoms with Crippen LogP contribution in [0.5, 0.6) is 0 Å². The molecule has 25 heavy (non-hydrogen) atoms. The van der Waals surface area contributed by atoms with E-state index in [1.807, 2.05) is 37.8 Å². The molecule has 1 aliphatic heterocycles. The van der Waals surface area contributed by atoms with E-state index in [0.29, 0.717) is 24.3 Å². The van der Waals surface area contributed by atoms with Crippen molar-refractivity contribution in [1.29, 1.82) is 0 Å². The summed E-state index contributed by atoms with van der Waals surface area (Å²) in [7, 11) is 0. The van der Waals surface area contributed by atoms with Gasteiger partial charge in [-0.1, -0.05) is 0 Å². The summed E-state index contributed by atoms with van der Waals surface area (Å²) in [5, 5.41) is 8.29. The molecule has 0 radical (unpaired) electrons. The molecular weight excluding hydrogens is 318 g/mol. The van der Waals surface area contributed by atoms with Crippen molar-refractivity contribution >= 4 is 12.2 Å². The number of aryl methyl sites for hydroxylation is 1. The van der Waals surface area contributed by atoms with Gasteiger partial charge in [0, 0.05) is 49.9 Å². The van der Waals surface area contributed by atoms with Crippen molar-refractivity contribution in [2.75, 3.05) is 6.61 Å². The molecule has 4 heterocycles. The van der Waals surface area contributed by atoms with Crippen molar-refractivity contribution in [3.63, 3.8) is 0 Å². The van der Waals surface area contributed by atoms with Crippen molar-refractivity contribution in [2.24, 2.45) is 5.92 Å². The van der Waals surface area contributed by atoms with Gasteiger partial charge in [-0.2, -0.15) is 0 Å². The van der Waals surface area contributed by atoms with Crippen LogP contribution in [0, 0.1) is 12.8 Å². The van der Waals surface area contributed by atoms with Gasteiger partial charge in [0.05, 0.1) is 6.33 Å². The summed E-state index contributed by atoms with van der Waals surface area (Å²) >= 11 is 0. The summed E-state index contributed by atoms with van der Waals surface area (Å²) in [6.07, 6.45) is 13.7. The predicted octanol–water partition coefficient (Wildman–Crippen LogP) is 2.92. The normalized spacial score (nSPS) is 20.5. The molecule has 4 rings (SSSR count). The Morgan fingerprint density at radius 2 is 2.20 bits per heavy atom. The zero-order valence-electron chi connectivity index (χ0n) is 13.9. The molecule has 0 unspecified atom stereocenters. The second-order valence-electron chi connectivity index (χ2n) is 6.14. The summed E-state index contributed by atoms with van der Waals surface area (Å²) in [4.78, 5) is 8.21. The Bertz CT molecular complexity index is 856. The lowest BCUT2D eigenvalue weighted by molar-refractivity contribution is 0.0635. The van der Waals surface area contributed by atoms with Crippen LogP contribution < -0.4 is 0 Å². The summed E-state index contributed by atoms with van der Waals surface area (Å²) in [5.74, 6) is 1.30. The van der Waals surface area contributed by atoms with Crippen molar-refractivity contribution in [2.45, 2.75) is 26.0 Å². The van der Waals surface area contributed by atoms with E-state index < -0.39 is 0 Å². The minimum absolute atomic E-state index is 0.169. The molecule has 7 nitrogen and oxygen atoms in total. The second kappa shape index (κ2) is 6.98. The summed E-state index contributed by atoms with van der Waals surface area (Å²) in [5.41, 5.74) is 2.17. The second-order valence-corrected chi connectivity index (χ2v) is 6.14. The average molecular weight is 337 g/mol. The highest BCUT2D eigenvalue weighted by Crippen LogP contribution is 2.35. The predicted molar refractivity (Wildman–Crippen MR) is 91.2 cm³/mol. The molecule has 1 saturated heterocycles. The molecule has 2 atom stereocenters. The monoisotopic (exact) mass is 337 g/mol. The third kappa shape index (κ3) is 3.51. The number of hydrogen-bond donors (Lipinski definition) is 0. The molecule has 0 aliphatic carbocycles. The van der Waals surface area contributed by atoms with Crippen LogP contribution in [0.3, 0.4) is 0 Å². The quantitative estimate of drug-likeness (QED) is 0.712. The maximum atomic E-state index is 5.83. The molecule has 7 heteroatoms. The van der Waals surface area contributed by atoms with Crippen LogP contribution in [0.25, 0.3) is 12.2 Å². The smallest absolute Gasteiger partial charge is 0.245 e. The maximum Gasteiger partial charge on any atom is 0.245 e. The zero-order chi connectivity index (χ0) is 17.1. The highest BCUT2D eigenvalue weighted by Gasteiger charge is 2.34. The fourth-order valence-electron chi connectivity index (χ4n) is 3.00. The molecule has 0 N–H and O–H groups in total. The first-order valence-corrected chi connectivity index (χ1v) is 8.29. The Labute approximate surface area is 145 Å². The first-order chi connectivity index (χ1) is 12.3. The largest absolute Gasteiger partial charge is 0.418 e. The van der Waals surface area contributed by atoms with Gasteiger partial charge in [0.15, 0.2) is 0 Å². The Morgan fingerprint density at radius 3 is 3.04 bits per heavy atom. The number of ether oxygens (including phenoxy) is 1. The van der Waals surface area contributed by atoms with E-state index in [1.54, 1.807) is 18.5 Å². The van der Waals surface area contributed by atoms with Crippen molar-refractivity contribution in [1.82, 2.24) is 24.7 Å². The third-order valence-electron chi connectivity index (χ3n) is 4.40. The van der Waals surface area contributed by atoms with Crippen LogP contribution in [-0.4, -0.2) is 31.3 Å². The number of imidazole rings is 1. The Morgan fingerprint density at radius 1 is 1.24 bits per heavy atom. The zero-order valence-corrected chi connectivity index (χ0v) is 13.9. The van der Waals surface area contributed by atoms with E-state index in [2.05, 4.69) is 24.7 Å². The fourth-order valence-corrected chi connectivity index (χ4v) is 3.00. The Balaban J connectivity index is 1.48. The van der Waals surface area contributed by atoms with Crippen LogP contribution in [0.15, 0.2) is 41.6 Å². The fraction of sp³-hybridized carbons (Fsp3) is 0.333. The van der Waals surface area contributed by atoms with Crippen LogP contribution in [0.1, 0.15) is 35.4 Å². The lowest BCUT2D eigenvalue weighted by Gasteiger charge is -2.15. The van der Waals surface area contributed by atoms with Gasteiger partial charge >= 0.3 is 0 Å². The van der Waals surface area contributed by atoms with E-state index in [1.165, 1.54) is 0 Å². The van der Waals surface area contributed by atoms with Gasteiger partial charge in [-0.3, -0.25) is 4.98 Å². The molecular formula is C18H19N5O2. The summed E-state index contributed by atoms with van der Waals surface area (Å²) in [6, 6.07) is 1.96. The van der Waals surface area contributed by atoms with Crippen molar-refractivity contribution in [3.8, 4) is 0 Å². The summed E-state index contributed by atoms with van der Waals surface area (Å²) in [6.45, 7) is 3.56. The minimum atomic E-state index is -0.169. The van der Waals surface area contributed by atoms with Gasteiger partial charge in [-0.05, 0) is 36.6 Å². The summed E-state index contributed by atoms with van der Waals surface area (Å²) < 4.78 is 13.7. The van der Waals surface area contributed by atoms with E-state index in [4.69, 9.17) is 9.15 Å².